The summed E-state index contributed by atoms with van der Waals surface area (Å²) in [4.78, 5) is 11.2. The predicted octanol–water partition coefficient (Wildman–Crippen LogP) is 2.19. The number of sulfone groups is 1. The third-order valence-electron chi connectivity index (χ3n) is 2.80. The lowest BCUT2D eigenvalue weighted by Gasteiger charge is -2.19. The van der Waals surface area contributed by atoms with Crippen molar-refractivity contribution in [3.05, 3.63) is 29.3 Å². The Morgan fingerprint density at radius 1 is 1.28 bits per heavy atom. The summed E-state index contributed by atoms with van der Waals surface area (Å²) in [5, 5.41) is 9.00. The van der Waals surface area contributed by atoms with Crippen molar-refractivity contribution in [3.63, 3.8) is 0 Å². The summed E-state index contributed by atoms with van der Waals surface area (Å²) in [6, 6.07) is 5.03. The average Bonchev–Trinajstić information content (AvgIpc) is 2.14. The Balaban J connectivity index is 3.19. The van der Waals surface area contributed by atoms with E-state index in [-0.39, 0.29) is 4.90 Å². The molecule has 18 heavy (non-hydrogen) atoms. The Morgan fingerprint density at radius 2 is 1.83 bits per heavy atom. The smallest absolute Gasteiger partial charge is 0.310 e. The molecule has 0 atom stereocenters. The topological polar surface area (TPSA) is 71.4 Å². The quantitative estimate of drug-likeness (QED) is 0.910. The molecule has 0 aromatic heterocycles. The molecule has 0 radical (unpaired) electrons. The van der Waals surface area contributed by atoms with Crippen LogP contribution < -0.4 is 0 Å². The van der Waals surface area contributed by atoms with Crippen LogP contribution in [-0.2, 0) is 14.6 Å². The number of rotatable bonds is 4. The number of hydrogen-bond donors (Lipinski definition) is 1. The molecule has 0 aliphatic carbocycles. The van der Waals surface area contributed by atoms with Crippen LogP contribution in [0, 0.1) is 19.3 Å². The minimum absolute atomic E-state index is 0.211. The van der Waals surface area contributed by atoms with Gasteiger partial charge in [0.05, 0.1) is 16.1 Å². The molecule has 1 N–H and O–H groups in total. The fourth-order valence-electron chi connectivity index (χ4n) is 1.76. The van der Waals surface area contributed by atoms with Gasteiger partial charge in [0.2, 0.25) is 0 Å². The van der Waals surface area contributed by atoms with E-state index in [9.17, 15) is 13.2 Å². The lowest BCUT2D eigenvalue weighted by molar-refractivity contribution is -0.145. The van der Waals surface area contributed by atoms with E-state index >= 15 is 0 Å². The molecule has 1 rings (SSSR count). The van der Waals surface area contributed by atoms with Crippen molar-refractivity contribution in [2.24, 2.45) is 5.41 Å². The zero-order chi connectivity index (χ0) is 14.1. The first-order chi connectivity index (χ1) is 8.06. The van der Waals surface area contributed by atoms with Gasteiger partial charge >= 0.3 is 5.97 Å². The molecule has 0 saturated heterocycles. The lowest BCUT2D eigenvalue weighted by Crippen LogP contribution is -2.32. The largest absolute Gasteiger partial charge is 0.481 e. The molecule has 0 bridgehead atoms. The third-order valence-corrected chi connectivity index (χ3v) is 5.03. The minimum Gasteiger partial charge on any atom is -0.481 e. The molecular formula is C13H18O4S. The summed E-state index contributed by atoms with van der Waals surface area (Å²) in [6.45, 7) is 6.42. The molecule has 4 nitrogen and oxygen atoms in total. The fourth-order valence-corrected chi connectivity index (χ4v) is 3.82. The van der Waals surface area contributed by atoms with Crippen LogP contribution in [0.15, 0.2) is 23.1 Å². The molecule has 100 valence electrons. The van der Waals surface area contributed by atoms with Crippen molar-refractivity contribution in [1.82, 2.24) is 0 Å². The monoisotopic (exact) mass is 270 g/mol. The normalized spacial score (nSPS) is 12.4. The highest BCUT2D eigenvalue weighted by Crippen LogP contribution is 2.25. The Bertz CT molecular complexity index is 571. The maximum atomic E-state index is 12.2. The molecular weight excluding hydrogens is 252 g/mol. The maximum absolute atomic E-state index is 12.2. The summed E-state index contributed by atoms with van der Waals surface area (Å²) in [5.74, 6) is -1.52. The SMILES string of the molecule is Cc1ccc(S(=O)(=O)CC(C)(C)C(=O)O)c(C)c1. The van der Waals surface area contributed by atoms with Crippen molar-refractivity contribution in [1.29, 1.82) is 0 Å². The highest BCUT2D eigenvalue weighted by Gasteiger charge is 2.34. The van der Waals surface area contributed by atoms with Gasteiger partial charge in [-0.25, -0.2) is 8.42 Å². The first-order valence-electron chi connectivity index (χ1n) is 5.60. The zero-order valence-electron chi connectivity index (χ0n) is 11.0. The van der Waals surface area contributed by atoms with E-state index in [1.807, 2.05) is 6.92 Å². The van der Waals surface area contributed by atoms with E-state index in [4.69, 9.17) is 5.11 Å². The molecule has 0 heterocycles. The van der Waals surface area contributed by atoms with Gasteiger partial charge in [-0.15, -0.1) is 0 Å². The van der Waals surface area contributed by atoms with E-state index in [0.29, 0.717) is 5.56 Å². The minimum atomic E-state index is -3.59. The summed E-state index contributed by atoms with van der Waals surface area (Å²) >= 11 is 0. The second kappa shape index (κ2) is 4.72. The van der Waals surface area contributed by atoms with Crippen LogP contribution in [0.3, 0.4) is 0 Å². The maximum Gasteiger partial charge on any atom is 0.310 e. The number of carbonyl (C=O) groups is 1. The molecule has 1 aromatic carbocycles. The van der Waals surface area contributed by atoms with Gasteiger partial charge in [-0.05, 0) is 39.3 Å². The number of carboxylic acid groups (broad SMARTS) is 1. The molecule has 0 aliphatic rings. The van der Waals surface area contributed by atoms with Crippen molar-refractivity contribution >= 4 is 15.8 Å². The van der Waals surface area contributed by atoms with Gasteiger partial charge < -0.3 is 5.11 Å². The lowest BCUT2D eigenvalue weighted by atomic mass is 9.97. The Morgan fingerprint density at radius 3 is 2.28 bits per heavy atom. The van der Waals surface area contributed by atoms with Gasteiger partial charge in [-0.1, -0.05) is 17.7 Å². The zero-order valence-corrected chi connectivity index (χ0v) is 11.8. The van der Waals surface area contributed by atoms with Crippen LogP contribution in [-0.4, -0.2) is 25.2 Å². The number of aliphatic carboxylic acids is 1. The van der Waals surface area contributed by atoms with Crippen LogP contribution in [0.5, 0.6) is 0 Å². The highest BCUT2D eigenvalue weighted by atomic mass is 32.2. The van der Waals surface area contributed by atoms with Gasteiger partial charge in [0, 0.05) is 0 Å². The summed E-state index contributed by atoms with van der Waals surface area (Å²) in [7, 11) is -3.59. The number of aryl methyl sites for hydroxylation is 2. The first-order valence-corrected chi connectivity index (χ1v) is 7.25. The molecule has 0 aliphatic heterocycles. The van der Waals surface area contributed by atoms with Crippen molar-refractivity contribution in [3.8, 4) is 0 Å². The van der Waals surface area contributed by atoms with Gasteiger partial charge in [0.15, 0.2) is 9.84 Å². The van der Waals surface area contributed by atoms with Crippen LogP contribution in [0.2, 0.25) is 0 Å². The second-order valence-electron chi connectivity index (χ2n) is 5.22. The summed E-state index contributed by atoms with van der Waals surface area (Å²) in [5.41, 5.74) is 0.330. The Labute approximate surface area is 108 Å². The molecule has 0 amide bonds. The van der Waals surface area contributed by atoms with E-state index in [2.05, 4.69) is 0 Å². The predicted molar refractivity (Wildman–Crippen MR) is 69.4 cm³/mol. The highest BCUT2D eigenvalue weighted by molar-refractivity contribution is 7.91. The molecule has 0 fully saturated rings. The first kappa shape index (κ1) is 14.7. The summed E-state index contributed by atoms with van der Waals surface area (Å²) < 4.78 is 24.4. The molecule has 0 saturated carbocycles. The van der Waals surface area contributed by atoms with Crippen LogP contribution >= 0.6 is 0 Å². The van der Waals surface area contributed by atoms with E-state index in [1.54, 1.807) is 19.1 Å². The van der Waals surface area contributed by atoms with Crippen LogP contribution in [0.25, 0.3) is 0 Å². The molecule has 5 heteroatoms. The molecule has 0 unspecified atom stereocenters. The fraction of sp³-hybridized carbons (Fsp3) is 0.462. The van der Waals surface area contributed by atoms with E-state index in [1.165, 1.54) is 19.9 Å². The van der Waals surface area contributed by atoms with Crippen molar-refractivity contribution in [2.75, 3.05) is 5.75 Å². The Hall–Kier alpha value is -1.36. The van der Waals surface area contributed by atoms with Gasteiger partial charge in [0.25, 0.3) is 0 Å². The standard InChI is InChI=1S/C13H18O4S/c1-9-5-6-11(10(2)7-9)18(16,17)8-13(3,4)12(14)15/h5-7H,8H2,1-4H3,(H,14,15). The van der Waals surface area contributed by atoms with Crippen molar-refractivity contribution in [2.45, 2.75) is 32.6 Å². The summed E-state index contributed by atoms with van der Waals surface area (Å²) in [6.07, 6.45) is 0. The second-order valence-corrected chi connectivity index (χ2v) is 7.18. The van der Waals surface area contributed by atoms with E-state index < -0.39 is 27.0 Å². The molecule has 1 aromatic rings. The van der Waals surface area contributed by atoms with Gasteiger partial charge in [0.1, 0.15) is 0 Å². The third kappa shape index (κ3) is 3.10. The molecule has 0 spiro atoms. The van der Waals surface area contributed by atoms with Gasteiger partial charge in [-0.3, -0.25) is 4.79 Å². The number of hydrogen-bond acceptors (Lipinski definition) is 3. The average molecular weight is 270 g/mol. The van der Waals surface area contributed by atoms with Crippen molar-refractivity contribution < 1.29 is 18.3 Å². The number of carboxylic acids is 1. The van der Waals surface area contributed by atoms with Crippen LogP contribution in [0.4, 0.5) is 0 Å². The Kier molecular flexibility index (Phi) is 3.86. The van der Waals surface area contributed by atoms with E-state index in [0.717, 1.165) is 5.56 Å². The number of benzene rings is 1. The van der Waals surface area contributed by atoms with Gasteiger partial charge in [-0.2, -0.15) is 0 Å². The van der Waals surface area contributed by atoms with Crippen LogP contribution in [0.1, 0.15) is 25.0 Å².